The lowest BCUT2D eigenvalue weighted by Crippen LogP contribution is -2.40. The molecule has 0 aromatic carbocycles. The van der Waals surface area contributed by atoms with Crippen molar-refractivity contribution >= 4 is 17.8 Å². The Morgan fingerprint density at radius 1 is 1.06 bits per heavy atom. The minimum absolute atomic E-state index is 0.0878. The molecule has 6 nitrogen and oxygen atoms in total. The first-order chi connectivity index (χ1) is 8.47. The minimum Gasteiger partial charge on any atom is -0.481 e. The summed E-state index contributed by atoms with van der Waals surface area (Å²) in [6.45, 7) is 2.02. The number of hydrogen-bond donors (Lipinski definition) is 3. The van der Waals surface area contributed by atoms with E-state index < -0.39 is 18.0 Å². The molecule has 0 fully saturated rings. The molecule has 0 heterocycles. The lowest BCUT2D eigenvalue weighted by Gasteiger charge is -2.13. The van der Waals surface area contributed by atoms with Crippen LogP contribution in [0.4, 0.5) is 0 Å². The highest BCUT2D eigenvalue weighted by atomic mass is 16.4. The second-order valence-electron chi connectivity index (χ2n) is 4.20. The molecule has 0 aromatic rings. The van der Waals surface area contributed by atoms with E-state index in [1.165, 1.54) is 0 Å². The number of unbranched alkanes of at least 4 members (excludes halogenated alkanes) is 2. The number of nitrogens with one attached hydrogen (secondary N) is 1. The first-order valence-corrected chi connectivity index (χ1v) is 6.21. The van der Waals surface area contributed by atoms with Crippen molar-refractivity contribution < 1.29 is 24.6 Å². The molecule has 0 saturated carbocycles. The smallest absolute Gasteiger partial charge is 0.326 e. The Hall–Kier alpha value is -1.59. The van der Waals surface area contributed by atoms with E-state index in [0.717, 1.165) is 19.3 Å². The number of carbonyl (C=O) groups excluding carboxylic acids is 1. The van der Waals surface area contributed by atoms with Crippen molar-refractivity contribution in [3.8, 4) is 0 Å². The SMILES string of the molecule is CCCCCC(=O)NC(CCCC(=O)O)C(=O)O. The maximum absolute atomic E-state index is 11.4. The van der Waals surface area contributed by atoms with Crippen molar-refractivity contribution in [3.63, 3.8) is 0 Å². The van der Waals surface area contributed by atoms with Gasteiger partial charge in [0, 0.05) is 12.8 Å². The zero-order valence-electron chi connectivity index (χ0n) is 10.6. The van der Waals surface area contributed by atoms with Gasteiger partial charge in [-0.1, -0.05) is 19.8 Å². The maximum atomic E-state index is 11.4. The van der Waals surface area contributed by atoms with Crippen LogP contribution in [-0.4, -0.2) is 34.1 Å². The summed E-state index contributed by atoms with van der Waals surface area (Å²) in [6.07, 6.45) is 3.27. The van der Waals surface area contributed by atoms with Crippen molar-refractivity contribution in [1.29, 1.82) is 0 Å². The van der Waals surface area contributed by atoms with Crippen LogP contribution in [0, 0.1) is 0 Å². The van der Waals surface area contributed by atoms with Gasteiger partial charge >= 0.3 is 11.9 Å². The second-order valence-corrected chi connectivity index (χ2v) is 4.20. The molecule has 104 valence electrons. The summed E-state index contributed by atoms with van der Waals surface area (Å²) in [6, 6.07) is -0.988. The summed E-state index contributed by atoms with van der Waals surface area (Å²) in [5.41, 5.74) is 0. The third kappa shape index (κ3) is 8.55. The maximum Gasteiger partial charge on any atom is 0.326 e. The number of rotatable bonds is 10. The third-order valence-corrected chi connectivity index (χ3v) is 2.52. The van der Waals surface area contributed by atoms with Gasteiger partial charge in [0.25, 0.3) is 0 Å². The molecule has 1 amide bonds. The fourth-order valence-electron chi connectivity index (χ4n) is 1.52. The minimum atomic E-state index is -1.12. The van der Waals surface area contributed by atoms with Crippen LogP contribution < -0.4 is 5.32 Å². The highest BCUT2D eigenvalue weighted by Gasteiger charge is 2.19. The summed E-state index contributed by atoms with van der Waals surface area (Å²) >= 11 is 0. The van der Waals surface area contributed by atoms with Gasteiger partial charge in [-0.2, -0.15) is 0 Å². The van der Waals surface area contributed by atoms with Crippen LogP contribution in [-0.2, 0) is 14.4 Å². The monoisotopic (exact) mass is 259 g/mol. The summed E-state index contributed by atoms with van der Waals surface area (Å²) < 4.78 is 0. The molecule has 6 heteroatoms. The quantitative estimate of drug-likeness (QED) is 0.514. The molecular formula is C12H21NO5. The average Bonchev–Trinajstić information content (AvgIpc) is 2.27. The Morgan fingerprint density at radius 2 is 1.72 bits per heavy atom. The summed E-state index contributed by atoms with van der Waals surface area (Å²) in [5, 5.41) is 19.8. The van der Waals surface area contributed by atoms with Crippen LogP contribution in [0.2, 0.25) is 0 Å². The molecule has 1 atom stereocenters. The molecule has 0 rings (SSSR count). The lowest BCUT2D eigenvalue weighted by molar-refractivity contribution is -0.142. The fourth-order valence-corrected chi connectivity index (χ4v) is 1.52. The third-order valence-electron chi connectivity index (χ3n) is 2.52. The van der Waals surface area contributed by atoms with Crippen molar-refractivity contribution in [2.45, 2.75) is 57.9 Å². The molecule has 18 heavy (non-hydrogen) atoms. The van der Waals surface area contributed by atoms with Crippen molar-refractivity contribution in [1.82, 2.24) is 5.32 Å². The molecule has 0 aliphatic heterocycles. The molecule has 0 saturated heterocycles. The van der Waals surface area contributed by atoms with Crippen LogP contribution in [0.15, 0.2) is 0 Å². The molecule has 3 N–H and O–H groups in total. The van der Waals surface area contributed by atoms with Crippen molar-refractivity contribution in [3.05, 3.63) is 0 Å². The predicted molar refractivity (Wildman–Crippen MR) is 65.2 cm³/mol. The standard InChI is InChI=1S/C12H21NO5/c1-2-3-4-7-10(14)13-9(12(17)18)6-5-8-11(15)16/h9H,2-8H2,1H3,(H,13,14)(H,15,16)(H,17,18). The average molecular weight is 259 g/mol. The normalized spacial score (nSPS) is 11.8. The van der Waals surface area contributed by atoms with Gasteiger partial charge < -0.3 is 15.5 Å². The molecule has 1 unspecified atom stereocenters. The number of aliphatic carboxylic acids is 2. The molecule has 0 bridgehead atoms. The molecule has 0 aromatic heterocycles. The van der Waals surface area contributed by atoms with Gasteiger partial charge in [-0.3, -0.25) is 9.59 Å². The zero-order chi connectivity index (χ0) is 14.0. The van der Waals surface area contributed by atoms with Gasteiger partial charge in [0.1, 0.15) is 6.04 Å². The Labute approximate surface area is 106 Å². The van der Waals surface area contributed by atoms with E-state index in [1.54, 1.807) is 0 Å². The highest BCUT2D eigenvalue weighted by Crippen LogP contribution is 2.04. The van der Waals surface area contributed by atoms with Crippen molar-refractivity contribution in [2.24, 2.45) is 0 Å². The van der Waals surface area contributed by atoms with E-state index in [0.29, 0.717) is 6.42 Å². The zero-order valence-corrected chi connectivity index (χ0v) is 10.6. The van der Waals surface area contributed by atoms with Crippen LogP contribution in [0.5, 0.6) is 0 Å². The van der Waals surface area contributed by atoms with Gasteiger partial charge in [-0.25, -0.2) is 4.79 Å². The van der Waals surface area contributed by atoms with Crippen LogP contribution in [0.25, 0.3) is 0 Å². The predicted octanol–water partition coefficient (Wildman–Crippen LogP) is 1.39. The first kappa shape index (κ1) is 16.4. The molecular weight excluding hydrogens is 238 g/mol. The Balaban J connectivity index is 3.99. The van der Waals surface area contributed by atoms with E-state index in [9.17, 15) is 14.4 Å². The number of hydrogen-bond acceptors (Lipinski definition) is 3. The van der Waals surface area contributed by atoms with E-state index in [2.05, 4.69) is 5.32 Å². The second kappa shape index (κ2) is 9.44. The first-order valence-electron chi connectivity index (χ1n) is 6.21. The molecule has 0 aliphatic carbocycles. The van der Waals surface area contributed by atoms with E-state index >= 15 is 0 Å². The van der Waals surface area contributed by atoms with Crippen LogP contribution in [0.3, 0.4) is 0 Å². The highest BCUT2D eigenvalue weighted by molar-refractivity contribution is 5.83. The van der Waals surface area contributed by atoms with Crippen LogP contribution in [0.1, 0.15) is 51.9 Å². The molecule has 0 aliphatic rings. The van der Waals surface area contributed by atoms with Crippen LogP contribution >= 0.6 is 0 Å². The van der Waals surface area contributed by atoms with E-state index in [4.69, 9.17) is 10.2 Å². The number of carboxylic acids is 2. The van der Waals surface area contributed by atoms with Gasteiger partial charge in [-0.15, -0.1) is 0 Å². The molecule has 0 spiro atoms. The van der Waals surface area contributed by atoms with E-state index in [-0.39, 0.29) is 25.2 Å². The Bertz CT molecular complexity index is 290. The summed E-state index contributed by atoms with van der Waals surface area (Å²) in [5.74, 6) is -2.37. The van der Waals surface area contributed by atoms with Crippen molar-refractivity contribution in [2.75, 3.05) is 0 Å². The number of amides is 1. The number of carbonyl (C=O) groups is 3. The summed E-state index contributed by atoms with van der Waals surface area (Å²) in [7, 11) is 0. The van der Waals surface area contributed by atoms with Gasteiger partial charge in [0.15, 0.2) is 0 Å². The van der Waals surface area contributed by atoms with Gasteiger partial charge in [0.2, 0.25) is 5.91 Å². The Kier molecular flexibility index (Phi) is 8.61. The topological polar surface area (TPSA) is 104 Å². The fraction of sp³-hybridized carbons (Fsp3) is 0.750. The summed E-state index contributed by atoms with van der Waals surface area (Å²) in [4.78, 5) is 32.6. The number of carboxylic acid groups (broad SMARTS) is 2. The molecule has 0 radical (unpaired) electrons. The van der Waals surface area contributed by atoms with Gasteiger partial charge in [0.05, 0.1) is 0 Å². The Morgan fingerprint density at radius 3 is 2.22 bits per heavy atom. The van der Waals surface area contributed by atoms with Gasteiger partial charge in [-0.05, 0) is 19.3 Å². The largest absolute Gasteiger partial charge is 0.481 e. The lowest BCUT2D eigenvalue weighted by atomic mass is 10.1. The van der Waals surface area contributed by atoms with E-state index in [1.807, 2.05) is 6.92 Å².